The Balaban J connectivity index is 1.51. The predicted molar refractivity (Wildman–Crippen MR) is 147 cm³/mol. The van der Waals surface area contributed by atoms with Gasteiger partial charge in [-0.2, -0.15) is 5.10 Å². The fourth-order valence-electron chi connectivity index (χ4n) is 3.17. The maximum absolute atomic E-state index is 12.2. The van der Waals surface area contributed by atoms with Gasteiger partial charge >= 0.3 is 0 Å². The molecule has 0 unspecified atom stereocenters. The molecule has 0 aliphatic heterocycles. The molecule has 2 amide bonds. The van der Waals surface area contributed by atoms with Gasteiger partial charge in [0.1, 0.15) is 12.4 Å². The van der Waals surface area contributed by atoms with Crippen molar-refractivity contribution in [1.82, 2.24) is 10.7 Å². The summed E-state index contributed by atoms with van der Waals surface area (Å²) in [6.45, 7) is 2.84. The van der Waals surface area contributed by atoms with E-state index in [1.165, 1.54) is 6.21 Å². The first-order valence-electron chi connectivity index (χ1n) is 11.5. The van der Waals surface area contributed by atoms with Gasteiger partial charge in [-0.15, -0.1) is 0 Å². The molecule has 0 aromatic heterocycles. The number of ether oxygens (including phenoxy) is 3. The van der Waals surface area contributed by atoms with Crippen molar-refractivity contribution in [2.45, 2.75) is 20.0 Å². The summed E-state index contributed by atoms with van der Waals surface area (Å²) < 4.78 is 17.5. The Bertz CT molecular complexity index is 1230. The highest BCUT2D eigenvalue weighted by molar-refractivity contribution is 9.10. The van der Waals surface area contributed by atoms with Crippen LogP contribution in [0.4, 0.5) is 0 Å². The van der Waals surface area contributed by atoms with Gasteiger partial charge in [0.2, 0.25) is 5.91 Å². The van der Waals surface area contributed by atoms with Gasteiger partial charge in [-0.05, 0) is 82.5 Å². The molecular weight excluding hydrogens is 562 g/mol. The van der Waals surface area contributed by atoms with E-state index in [0.29, 0.717) is 51.1 Å². The van der Waals surface area contributed by atoms with Crippen LogP contribution in [0.3, 0.4) is 0 Å². The summed E-state index contributed by atoms with van der Waals surface area (Å²) in [4.78, 5) is 24.3. The number of amides is 2. The highest BCUT2D eigenvalue weighted by atomic mass is 79.9. The number of hydrogen-bond acceptors (Lipinski definition) is 6. The van der Waals surface area contributed by atoms with Crippen molar-refractivity contribution in [3.63, 3.8) is 0 Å². The summed E-state index contributed by atoms with van der Waals surface area (Å²) in [5.41, 5.74) is 4.60. The van der Waals surface area contributed by atoms with Crippen LogP contribution < -0.4 is 25.0 Å². The third-order valence-corrected chi connectivity index (χ3v) is 5.86. The molecule has 3 rings (SSSR count). The maximum Gasteiger partial charge on any atom is 0.251 e. The molecule has 0 radical (unpaired) electrons. The molecule has 0 fully saturated rings. The quantitative estimate of drug-likeness (QED) is 0.219. The van der Waals surface area contributed by atoms with Crippen LogP contribution in [0.15, 0.2) is 70.2 Å². The maximum atomic E-state index is 12.2. The topological polar surface area (TPSA) is 98.2 Å². The lowest BCUT2D eigenvalue weighted by Crippen LogP contribution is -2.29. The lowest BCUT2D eigenvalue weighted by molar-refractivity contribution is -0.120. The summed E-state index contributed by atoms with van der Waals surface area (Å²) in [7, 11) is 1.56. The van der Waals surface area contributed by atoms with E-state index in [-0.39, 0.29) is 24.8 Å². The number of carbonyl (C=O) groups is 2. The van der Waals surface area contributed by atoms with Crippen LogP contribution >= 0.6 is 27.5 Å². The number of methoxy groups -OCH3 is 1. The minimum absolute atomic E-state index is 0.0740. The molecule has 0 saturated carbocycles. The van der Waals surface area contributed by atoms with E-state index in [2.05, 4.69) is 31.8 Å². The lowest BCUT2D eigenvalue weighted by Gasteiger charge is -2.14. The molecule has 8 nitrogen and oxygen atoms in total. The molecule has 10 heteroatoms. The first-order valence-corrected chi connectivity index (χ1v) is 12.6. The van der Waals surface area contributed by atoms with Crippen molar-refractivity contribution in [1.29, 1.82) is 0 Å². The van der Waals surface area contributed by atoms with E-state index in [1.807, 2.05) is 37.3 Å². The van der Waals surface area contributed by atoms with E-state index in [0.717, 1.165) is 5.56 Å². The molecule has 0 aliphatic carbocycles. The molecule has 0 spiro atoms. The molecule has 0 bridgehead atoms. The first kappa shape index (κ1) is 28.0. The summed E-state index contributed by atoms with van der Waals surface area (Å²) in [6, 6.07) is 17.7. The molecule has 3 aromatic rings. The van der Waals surface area contributed by atoms with Gasteiger partial charge in [0.05, 0.1) is 24.4 Å². The molecule has 0 aliphatic rings. The second-order valence-electron chi connectivity index (χ2n) is 7.71. The van der Waals surface area contributed by atoms with Crippen LogP contribution in [-0.4, -0.2) is 38.3 Å². The predicted octanol–water partition coefficient (Wildman–Crippen LogP) is 5.36. The second-order valence-corrected chi connectivity index (χ2v) is 9.00. The Kier molecular flexibility index (Phi) is 10.8. The van der Waals surface area contributed by atoms with Crippen molar-refractivity contribution in [2.75, 3.05) is 20.3 Å². The summed E-state index contributed by atoms with van der Waals surface area (Å²) in [5.74, 6) is 1.16. The second kappa shape index (κ2) is 14.2. The molecule has 0 atom stereocenters. The van der Waals surface area contributed by atoms with E-state index in [4.69, 9.17) is 25.8 Å². The number of benzene rings is 3. The first-order chi connectivity index (χ1) is 17.9. The third kappa shape index (κ3) is 8.80. The zero-order chi connectivity index (χ0) is 26.6. The molecule has 0 heterocycles. The monoisotopic (exact) mass is 587 g/mol. The summed E-state index contributed by atoms with van der Waals surface area (Å²) >= 11 is 9.47. The van der Waals surface area contributed by atoms with E-state index >= 15 is 0 Å². The Morgan fingerprint density at radius 3 is 2.46 bits per heavy atom. The number of halogens is 2. The van der Waals surface area contributed by atoms with E-state index in [1.54, 1.807) is 37.4 Å². The van der Waals surface area contributed by atoms with Gasteiger partial charge in [-0.1, -0.05) is 23.7 Å². The average Bonchev–Trinajstić information content (AvgIpc) is 2.89. The minimum Gasteiger partial charge on any atom is -0.497 e. The Labute approximate surface area is 229 Å². The number of rotatable bonds is 12. The standard InChI is InChI=1S/C27H27BrClN3O5/c1-3-36-24-15-19(14-23(28)26(24)37-17-18-4-8-21(29)9-5-18)16-31-32-25(33)12-13-30-27(34)20-6-10-22(35-2)11-7-20/h4-11,14-16H,3,12-13,17H2,1-2H3,(H,30,34)(H,32,33). The number of carbonyl (C=O) groups excluding carboxylic acids is 2. The smallest absolute Gasteiger partial charge is 0.251 e. The fraction of sp³-hybridized carbons (Fsp3) is 0.222. The van der Waals surface area contributed by atoms with Crippen LogP contribution in [0.2, 0.25) is 5.02 Å². The van der Waals surface area contributed by atoms with Crippen LogP contribution in [0.25, 0.3) is 0 Å². The summed E-state index contributed by atoms with van der Waals surface area (Å²) in [6.07, 6.45) is 1.58. The molecule has 194 valence electrons. The Morgan fingerprint density at radius 2 is 1.78 bits per heavy atom. The largest absolute Gasteiger partial charge is 0.497 e. The van der Waals surface area contributed by atoms with E-state index in [9.17, 15) is 9.59 Å². The van der Waals surface area contributed by atoms with Gasteiger partial charge in [0.15, 0.2) is 11.5 Å². The Morgan fingerprint density at radius 1 is 1.05 bits per heavy atom. The number of hydrogen-bond donors (Lipinski definition) is 2. The minimum atomic E-state index is -0.335. The van der Waals surface area contributed by atoms with Crippen molar-refractivity contribution < 1.29 is 23.8 Å². The van der Waals surface area contributed by atoms with Crippen molar-refractivity contribution in [2.24, 2.45) is 5.10 Å². The Hall–Kier alpha value is -3.56. The highest BCUT2D eigenvalue weighted by Crippen LogP contribution is 2.37. The number of hydrazone groups is 1. The van der Waals surface area contributed by atoms with Crippen LogP contribution in [-0.2, 0) is 11.4 Å². The van der Waals surface area contributed by atoms with Gasteiger partial charge in [-0.25, -0.2) is 5.43 Å². The van der Waals surface area contributed by atoms with Gasteiger partial charge in [-0.3, -0.25) is 9.59 Å². The highest BCUT2D eigenvalue weighted by Gasteiger charge is 2.13. The number of nitrogens with one attached hydrogen (secondary N) is 2. The molecule has 0 saturated heterocycles. The normalized spacial score (nSPS) is 10.7. The molecule has 2 N–H and O–H groups in total. The zero-order valence-corrected chi connectivity index (χ0v) is 22.8. The van der Waals surface area contributed by atoms with Gasteiger partial charge in [0.25, 0.3) is 5.91 Å². The number of nitrogens with zero attached hydrogens (tertiary/aromatic N) is 1. The lowest BCUT2D eigenvalue weighted by atomic mass is 10.2. The van der Waals surface area contributed by atoms with Crippen LogP contribution in [0, 0.1) is 0 Å². The SMILES string of the molecule is CCOc1cc(C=NNC(=O)CCNC(=O)c2ccc(OC)cc2)cc(Br)c1OCc1ccc(Cl)cc1. The van der Waals surface area contributed by atoms with Crippen molar-refractivity contribution >= 4 is 45.6 Å². The molecule has 3 aromatic carbocycles. The average molecular weight is 589 g/mol. The zero-order valence-electron chi connectivity index (χ0n) is 20.4. The third-order valence-electron chi connectivity index (χ3n) is 5.02. The van der Waals surface area contributed by atoms with Crippen molar-refractivity contribution in [3.05, 3.63) is 86.8 Å². The van der Waals surface area contributed by atoms with Gasteiger partial charge < -0.3 is 19.5 Å². The van der Waals surface area contributed by atoms with Crippen LogP contribution in [0.1, 0.15) is 34.8 Å². The van der Waals surface area contributed by atoms with Crippen molar-refractivity contribution in [3.8, 4) is 17.2 Å². The van der Waals surface area contributed by atoms with E-state index < -0.39 is 0 Å². The molecular formula is C27H27BrClN3O5. The van der Waals surface area contributed by atoms with Gasteiger partial charge in [0, 0.05) is 23.6 Å². The molecule has 37 heavy (non-hydrogen) atoms. The fourth-order valence-corrected chi connectivity index (χ4v) is 3.87. The summed E-state index contributed by atoms with van der Waals surface area (Å²) in [5, 5.41) is 7.37. The van der Waals surface area contributed by atoms with Crippen LogP contribution in [0.5, 0.6) is 17.2 Å².